The van der Waals surface area contributed by atoms with Crippen LogP contribution in [0.15, 0.2) is 97.2 Å². The third kappa shape index (κ3) is 51.3. The van der Waals surface area contributed by atoms with Gasteiger partial charge in [0.2, 0.25) is 0 Å². The Morgan fingerprint density at radius 3 is 0.939 bits per heavy atom. The second-order valence-corrected chi connectivity index (χ2v) is 17.7. The van der Waals surface area contributed by atoms with Crippen LogP contribution in [0.4, 0.5) is 0 Å². The van der Waals surface area contributed by atoms with E-state index in [1.807, 2.05) is 0 Å². The molecule has 6 nitrogen and oxygen atoms in total. The fourth-order valence-corrected chi connectivity index (χ4v) is 7.31. The largest absolute Gasteiger partial charge is 0.462 e. The van der Waals surface area contributed by atoms with Crippen LogP contribution in [0.2, 0.25) is 0 Å². The van der Waals surface area contributed by atoms with Gasteiger partial charge in [-0.1, -0.05) is 227 Å². The van der Waals surface area contributed by atoms with Gasteiger partial charge in [0.25, 0.3) is 0 Å². The van der Waals surface area contributed by atoms with Crippen LogP contribution in [-0.4, -0.2) is 37.2 Å². The smallest absolute Gasteiger partial charge is 0.306 e. The van der Waals surface area contributed by atoms with E-state index in [1.165, 1.54) is 77.0 Å². The predicted molar refractivity (Wildman–Crippen MR) is 284 cm³/mol. The van der Waals surface area contributed by atoms with Crippen molar-refractivity contribution in [2.75, 3.05) is 13.2 Å². The lowest BCUT2D eigenvalue weighted by Gasteiger charge is -2.18. The van der Waals surface area contributed by atoms with Crippen molar-refractivity contribution < 1.29 is 28.6 Å². The normalized spacial score (nSPS) is 12.8. The number of hydrogen-bond acceptors (Lipinski definition) is 6. The van der Waals surface area contributed by atoms with Crippen LogP contribution in [0.1, 0.15) is 245 Å². The Morgan fingerprint density at radius 2 is 0.591 bits per heavy atom. The van der Waals surface area contributed by atoms with E-state index in [1.54, 1.807) is 0 Å². The highest BCUT2D eigenvalue weighted by molar-refractivity contribution is 5.71. The first-order valence-corrected chi connectivity index (χ1v) is 27.2. The van der Waals surface area contributed by atoms with Crippen LogP contribution < -0.4 is 0 Å². The summed E-state index contributed by atoms with van der Waals surface area (Å²) in [5, 5.41) is 0. The number of allylic oxidation sites excluding steroid dienone is 16. The van der Waals surface area contributed by atoms with Gasteiger partial charge in [-0.2, -0.15) is 0 Å². The molecule has 0 N–H and O–H groups in total. The molecule has 0 radical (unpaired) electrons. The lowest BCUT2D eigenvalue weighted by atomic mass is 10.0. The van der Waals surface area contributed by atoms with Crippen molar-refractivity contribution in [2.24, 2.45) is 0 Å². The van der Waals surface area contributed by atoms with E-state index in [0.717, 1.165) is 128 Å². The van der Waals surface area contributed by atoms with Gasteiger partial charge in [0.1, 0.15) is 13.2 Å². The van der Waals surface area contributed by atoms with Crippen LogP contribution in [0.3, 0.4) is 0 Å². The Bertz CT molecular complexity index is 1330. The molecule has 0 fully saturated rings. The summed E-state index contributed by atoms with van der Waals surface area (Å²) in [7, 11) is 0. The zero-order valence-electron chi connectivity index (χ0n) is 42.9. The second kappa shape index (κ2) is 53.9. The van der Waals surface area contributed by atoms with Gasteiger partial charge < -0.3 is 14.2 Å². The number of carbonyl (C=O) groups is 3. The molecule has 0 amide bonds. The molecule has 0 spiro atoms. The highest BCUT2D eigenvalue weighted by atomic mass is 16.6. The molecule has 1 atom stereocenters. The van der Waals surface area contributed by atoms with Gasteiger partial charge >= 0.3 is 17.9 Å². The highest BCUT2D eigenvalue weighted by Crippen LogP contribution is 2.15. The molecular formula is C60H100O6. The molecule has 0 bridgehead atoms. The minimum absolute atomic E-state index is 0.0927. The topological polar surface area (TPSA) is 78.9 Å². The predicted octanol–water partition coefficient (Wildman–Crippen LogP) is 18.1. The van der Waals surface area contributed by atoms with Gasteiger partial charge in [0.15, 0.2) is 6.10 Å². The molecule has 0 heterocycles. The number of rotatable bonds is 48. The molecule has 0 aliphatic heterocycles. The molecule has 0 saturated carbocycles. The average Bonchev–Trinajstić information content (AvgIpc) is 3.31. The maximum absolute atomic E-state index is 12.8. The summed E-state index contributed by atoms with van der Waals surface area (Å²) in [5.74, 6) is -0.938. The third-order valence-corrected chi connectivity index (χ3v) is 11.3. The van der Waals surface area contributed by atoms with Crippen LogP contribution in [0, 0.1) is 0 Å². The van der Waals surface area contributed by atoms with Crippen LogP contribution in [-0.2, 0) is 28.6 Å². The van der Waals surface area contributed by atoms with Gasteiger partial charge in [-0.15, -0.1) is 0 Å². The van der Waals surface area contributed by atoms with Gasteiger partial charge in [0.05, 0.1) is 0 Å². The molecule has 1 unspecified atom stereocenters. The Labute approximate surface area is 407 Å². The van der Waals surface area contributed by atoms with Crippen LogP contribution in [0.5, 0.6) is 0 Å². The summed E-state index contributed by atoms with van der Waals surface area (Å²) < 4.78 is 16.8. The van der Waals surface area contributed by atoms with E-state index in [-0.39, 0.29) is 31.1 Å². The molecular weight excluding hydrogens is 817 g/mol. The number of unbranched alkanes of at least 4 members (excludes halogenated alkanes) is 21. The average molecular weight is 917 g/mol. The van der Waals surface area contributed by atoms with E-state index in [0.29, 0.717) is 19.3 Å². The van der Waals surface area contributed by atoms with Gasteiger partial charge in [-0.25, -0.2) is 0 Å². The fourth-order valence-electron chi connectivity index (χ4n) is 7.31. The number of ether oxygens (including phenoxy) is 3. The molecule has 0 aromatic carbocycles. The molecule has 0 aromatic rings. The summed E-state index contributed by atoms with van der Waals surface area (Å²) in [5.41, 5.74) is 0. The minimum Gasteiger partial charge on any atom is -0.462 e. The Kier molecular flexibility index (Phi) is 50.9. The van der Waals surface area contributed by atoms with Crippen molar-refractivity contribution >= 4 is 17.9 Å². The van der Waals surface area contributed by atoms with E-state index in [9.17, 15) is 14.4 Å². The standard InChI is InChI=1S/C60H100O6/c1-4-7-10-13-16-19-22-25-27-29-30-31-33-35-38-41-44-47-50-53-59(62)65-56-57(55-64-58(61)52-49-46-43-40-37-34-24-21-18-15-12-9-6-3)66-60(63)54-51-48-45-42-39-36-32-28-26-23-20-17-14-11-8-5-2/h7-8,10-11,16-17,19-20,25-28,30-31,35,38,57H,4-6,9,12-15,18,21-24,29,32-34,36-37,39-56H2,1-3H3/b10-7-,11-8-,19-16-,20-17-,27-25-,28-26-,31-30-,38-35-. The minimum atomic E-state index is -0.797. The Morgan fingerprint density at radius 1 is 0.318 bits per heavy atom. The summed E-state index contributed by atoms with van der Waals surface area (Å²) in [6.45, 7) is 6.38. The molecule has 0 aliphatic carbocycles. The molecule has 0 saturated heterocycles. The first-order chi connectivity index (χ1) is 32.5. The number of esters is 3. The molecule has 66 heavy (non-hydrogen) atoms. The third-order valence-electron chi connectivity index (χ3n) is 11.3. The quantitative estimate of drug-likeness (QED) is 0.0262. The fraction of sp³-hybridized carbons (Fsp3) is 0.683. The summed E-state index contributed by atoms with van der Waals surface area (Å²) in [6, 6.07) is 0. The summed E-state index contributed by atoms with van der Waals surface area (Å²) in [6.07, 6.45) is 71.0. The SMILES string of the molecule is CC/C=C\C/C=C\C/C=C\C/C=C\C/C=C\CCCCCC(=O)OCC(COC(=O)CCCCCCCCCCCCCCC)OC(=O)CCCCCCCC/C=C\C/C=C\C/C=C\CC. The zero-order valence-corrected chi connectivity index (χ0v) is 42.9. The van der Waals surface area contributed by atoms with Gasteiger partial charge in [-0.05, 0) is 96.3 Å². The zero-order chi connectivity index (χ0) is 47.9. The van der Waals surface area contributed by atoms with Crippen molar-refractivity contribution in [1.82, 2.24) is 0 Å². The maximum Gasteiger partial charge on any atom is 0.306 e. The van der Waals surface area contributed by atoms with E-state index >= 15 is 0 Å². The second-order valence-electron chi connectivity index (χ2n) is 17.7. The van der Waals surface area contributed by atoms with Crippen molar-refractivity contribution in [3.05, 3.63) is 97.2 Å². The molecule has 0 aromatic heterocycles. The summed E-state index contributed by atoms with van der Waals surface area (Å²) >= 11 is 0. The lowest BCUT2D eigenvalue weighted by Crippen LogP contribution is -2.30. The Balaban J connectivity index is 4.46. The lowest BCUT2D eigenvalue weighted by molar-refractivity contribution is -0.167. The summed E-state index contributed by atoms with van der Waals surface area (Å²) in [4.78, 5) is 38.1. The monoisotopic (exact) mass is 917 g/mol. The van der Waals surface area contributed by atoms with Gasteiger partial charge in [-0.3, -0.25) is 14.4 Å². The van der Waals surface area contributed by atoms with Crippen molar-refractivity contribution in [2.45, 2.75) is 252 Å². The first-order valence-electron chi connectivity index (χ1n) is 27.2. The van der Waals surface area contributed by atoms with E-state index < -0.39 is 6.10 Å². The molecule has 376 valence electrons. The maximum atomic E-state index is 12.8. The van der Waals surface area contributed by atoms with Crippen LogP contribution >= 0.6 is 0 Å². The molecule has 6 heteroatoms. The van der Waals surface area contributed by atoms with E-state index in [2.05, 4.69) is 118 Å². The highest BCUT2D eigenvalue weighted by Gasteiger charge is 2.19. The number of hydrogen-bond donors (Lipinski definition) is 0. The first kappa shape index (κ1) is 62.3. The Hall–Kier alpha value is -3.67. The molecule has 0 aliphatic rings. The van der Waals surface area contributed by atoms with Crippen molar-refractivity contribution in [3.63, 3.8) is 0 Å². The van der Waals surface area contributed by atoms with Crippen molar-refractivity contribution in [3.8, 4) is 0 Å². The van der Waals surface area contributed by atoms with Crippen molar-refractivity contribution in [1.29, 1.82) is 0 Å². The van der Waals surface area contributed by atoms with Crippen LogP contribution in [0.25, 0.3) is 0 Å². The number of carbonyl (C=O) groups excluding carboxylic acids is 3. The van der Waals surface area contributed by atoms with E-state index in [4.69, 9.17) is 14.2 Å². The molecule has 0 rings (SSSR count). The van der Waals surface area contributed by atoms with Gasteiger partial charge in [0, 0.05) is 19.3 Å².